The Morgan fingerprint density at radius 1 is 1.05 bits per heavy atom. The molecule has 3 nitrogen and oxygen atoms in total. The van der Waals surface area contributed by atoms with Crippen LogP contribution in [0.1, 0.15) is 28.4 Å². The van der Waals surface area contributed by atoms with Gasteiger partial charge in [-0.2, -0.15) is 0 Å². The van der Waals surface area contributed by atoms with Crippen molar-refractivity contribution in [2.75, 3.05) is 7.05 Å². The van der Waals surface area contributed by atoms with Crippen LogP contribution in [0.4, 0.5) is 0 Å². The third kappa shape index (κ3) is 4.43. The van der Waals surface area contributed by atoms with E-state index in [-0.39, 0.29) is 0 Å². The Morgan fingerprint density at radius 2 is 1.67 bits per heavy atom. The van der Waals surface area contributed by atoms with E-state index in [2.05, 4.69) is 43.1 Å². The van der Waals surface area contributed by atoms with E-state index >= 15 is 0 Å². The van der Waals surface area contributed by atoms with Gasteiger partial charge in [0.05, 0.1) is 5.56 Å². The van der Waals surface area contributed by atoms with E-state index in [9.17, 15) is 4.79 Å². The fraction of sp³-hybridized carbons (Fsp3) is 0.278. The van der Waals surface area contributed by atoms with Gasteiger partial charge in [0, 0.05) is 12.6 Å². The van der Waals surface area contributed by atoms with Crippen molar-refractivity contribution in [3.8, 4) is 0 Å². The van der Waals surface area contributed by atoms with Gasteiger partial charge in [-0.05, 0) is 43.7 Å². The smallest absolute Gasteiger partial charge is 0.335 e. The third-order valence-electron chi connectivity index (χ3n) is 3.76. The molecule has 21 heavy (non-hydrogen) atoms. The molecular formula is C18H21NO2. The molecule has 0 aliphatic carbocycles. The number of aromatic carboxylic acids is 1. The molecule has 0 aromatic heterocycles. The maximum Gasteiger partial charge on any atom is 0.335 e. The zero-order valence-electron chi connectivity index (χ0n) is 12.5. The first kappa shape index (κ1) is 15.3. The molecule has 0 bridgehead atoms. The molecule has 0 aliphatic heterocycles. The summed E-state index contributed by atoms with van der Waals surface area (Å²) in [6, 6.07) is 18.0. The summed E-state index contributed by atoms with van der Waals surface area (Å²) < 4.78 is 0. The number of hydrogen-bond acceptors (Lipinski definition) is 2. The molecule has 0 saturated carbocycles. The van der Waals surface area contributed by atoms with Crippen molar-refractivity contribution in [1.29, 1.82) is 0 Å². The summed E-state index contributed by atoms with van der Waals surface area (Å²) in [5, 5.41) is 8.90. The monoisotopic (exact) mass is 283 g/mol. The maximum atomic E-state index is 10.8. The molecule has 110 valence electrons. The van der Waals surface area contributed by atoms with Crippen LogP contribution < -0.4 is 0 Å². The highest BCUT2D eigenvalue weighted by molar-refractivity contribution is 5.87. The van der Waals surface area contributed by atoms with E-state index in [1.54, 1.807) is 12.1 Å². The summed E-state index contributed by atoms with van der Waals surface area (Å²) in [5.74, 6) is -0.882. The van der Waals surface area contributed by atoms with Crippen LogP contribution in [0, 0.1) is 0 Å². The van der Waals surface area contributed by atoms with Gasteiger partial charge in [-0.3, -0.25) is 4.90 Å². The highest BCUT2D eigenvalue weighted by Gasteiger charge is 2.11. The second-order valence-corrected chi connectivity index (χ2v) is 5.46. The number of hydrogen-bond donors (Lipinski definition) is 1. The first-order chi connectivity index (χ1) is 10.1. The molecule has 0 spiro atoms. The van der Waals surface area contributed by atoms with Crippen molar-refractivity contribution in [1.82, 2.24) is 4.90 Å². The zero-order chi connectivity index (χ0) is 15.2. The summed E-state index contributed by atoms with van der Waals surface area (Å²) in [6.07, 6.45) is 1.00. The van der Waals surface area contributed by atoms with E-state index in [1.807, 2.05) is 18.2 Å². The molecule has 3 heteroatoms. The second kappa shape index (κ2) is 7.04. The van der Waals surface area contributed by atoms with E-state index in [1.165, 1.54) is 5.56 Å². The van der Waals surface area contributed by atoms with Crippen molar-refractivity contribution in [2.24, 2.45) is 0 Å². The van der Waals surface area contributed by atoms with Crippen LogP contribution in [0.5, 0.6) is 0 Å². The molecule has 0 fully saturated rings. The summed E-state index contributed by atoms with van der Waals surface area (Å²) >= 11 is 0. The molecule has 1 N–H and O–H groups in total. The fourth-order valence-electron chi connectivity index (χ4n) is 2.31. The molecule has 2 aromatic carbocycles. The van der Waals surface area contributed by atoms with Gasteiger partial charge in [0.1, 0.15) is 0 Å². The lowest BCUT2D eigenvalue weighted by Crippen LogP contribution is -2.30. The van der Waals surface area contributed by atoms with Gasteiger partial charge in [0.15, 0.2) is 0 Å². The van der Waals surface area contributed by atoms with Crippen molar-refractivity contribution in [3.63, 3.8) is 0 Å². The fourth-order valence-corrected chi connectivity index (χ4v) is 2.31. The van der Waals surface area contributed by atoms with Gasteiger partial charge >= 0.3 is 5.97 Å². The average Bonchev–Trinajstić information content (AvgIpc) is 2.48. The van der Waals surface area contributed by atoms with E-state index in [0.29, 0.717) is 11.6 Å². The number of rotatable bonds is 6. The number of carbonyl (C=O) groups is 1. The standard InChI is InChI=1S/C18H21NO2/c1-14(12-15-6-4-3-5-7-15)19(2)13-16-8-10-17(11-9-16)18(20)21/h3-11,14H,12-13H2,1-2H3,(H,20,21). The Labute approximate surface area is 125 Å². The van der Waals surface area contributed by atoms with Gasteiger partial charge in [0.2, 0.25) is 0 Å². The van der Waals surface area contributed by atoms with Crippen LogP contribution in [0.25, 0.3) is 0 Å². The van der Waals surface area contributed by atoms with Crippen LogP contribution >= 0.6 is 0 Å². The van der Waals surface area contributed by atoms with Gasteiger partial charge in [-0.1, -0.05) is 42.5 Å². The van der Waals surface area contributed by atoms with Crippen molar-refractivity contribution in [3.05, 3.63) is 71.3 Å². The molecule has 0 radical (unpaired) electrons. The molecule has 0 amide bonds. The van der Waals surface area contributed by atoms with Crippen LogP contribution in [0.15, 0.2) is 54.6 Å². The highest BCUT2D eigenvalue weighted by Crippen LogP contribution is 2.12. The maximum absolute atomic E-state index is 10.8. The number of carboxylic acid groups (broad SMARTS) is 1. The molecule has 1 unspecified atom stereocenters. The van der Waals surface area contributed by atoms with Crippen molar-refractivity contribution in [2.45, 2.75) is 25.9 Å². The lowest BCUT2D eigenvalue weighted by atomic mass is 10.1. The minimum atomic E-state index is -0.882. The molecule has 1 atom stereocenters. The summed E-state index contributed by atoms with van der Waals surface area (Å²) in [6.45, 7) is 3.02. The summed E-state index contributed by atoms with van der Waals surface area (Å²) in [7, 11) is 2.10. The van der Waals surface area contributed by atoms with Crippen LogP contribution in [0.3, 0.4) is 0 Å². The lowest BCUT2D eigenvalue weighted by Gasteiger charge is -2.25. The first-order valence-electron chi connectivity index (χ1n) is 7.12. The first-order valence-corrected chi connectivity index (χ1v) is 7.12. The molecule has 2 aromatic rings. The van der Waals surface area contributed by atoms with Gasteiger partial charge in [-0.25, -0.2) is 4.79 Å². The molecule has 0 aliphatic rings. The Morgan fingerprint density at radius 3 is 2.24 bits per heavy atom. The van der Waals surface area contributed by atoms with Crippen LogP contribution in [0.2, 0.25) is 0 Å². The predicted molar refractivity (Wildman–Crippen MR) is 84.5 cm³/mol. The van der Waals surface area contributed by atoms with Gasteiger partial charge in [-0.15, -0.1) is 0 Å². The molecular weight excluding hydrogens is 262 g/mol. The second-order valence-electron chi connectivity index (χ2n) is 5.46. The number of benzene rings is 2. The van der Waals surface area contributed by atoms with Crippen molar-refractivity contribution < 1.29 is 9.90 Å². The summed E-state index contributed by atoms with van der Waals surface area (Å²) in [4.78, 5) is 13.1. The number of carboxylic acids is 1. The Bertz CT molecular complexity index is 578. The van der Waals surface area contributed by atoms with E-state index in [4.69, 9.17) is 5.11 Å². The number of nitrogens with zero attached hydrogens (tertiary/aromatic N) is 1. The van der Waals surface area contributed by atoms with Crippen molar-refractivity contribution >= 4 is 5.97 Å². The number of likely N-dealkylation sites (N-methyl/N-ethyl adjacent to an activating group) is 1. The molecule has 0 saturated heterocycles. The lowest BCUT2D eigenvalue weighted by molar-refractivity contribution is 0.0697. The minimum Gasteiger partial charge on any atom is -0.478 e. The average molecular weight is 283 g/mol. The zero-order valence-corrected chi connectivity index (χ0v) is 12.5. The largest absolute Gasteiger partial charge is 0.478 e. The minimum absolute atomic E-state index is 0.332. The van der Waals surface area contributed by atoms with Crippen LogP contribution in [-0.4, -0.2) is 29.1 Å². The third-order valence-corrected chi connectivity index (χ3v) is 3.76. The Balaban J connectivity index is 1.94. The van der Waals surface area contributed by atoms with Gasteiger partial charge < -0.3 is 5.11 Å². The highest BCUT2D eigenvalue weighted by atomic mass is 16.4. The normalized spacial score (nSPS) is 12.3. The topological polar surface area (TPSA) is 40.5 Å². The summed E-state index contributed by atoms with van der Waals surface area (Å²) in [5.41, 5.74) is 2.79. The Hall–Kier alpha value is -2.13. The van der Waals surface area contributed by atoms with Crippen LogP contribution in [-0.2, 0) is 13.0 Å². The predicted octanol–water partition coefficient (Wildman–Crippen LogP) is 3.45. The van der Waals surface area contributed by atoms with Gasteiger partial charge in [0.25, 0.3) is 0 Å². The van der Waals surface area contributed by atoms with E-state index < -0.39 is 5.97 Å². The molecule has 0 heterocycles. The molecule has 2 rings (SSSR count). The van der Waals surface area contributed by atoms with E-state index in [0.717, 1.165) is 18.5 Å². The quantitative estimate of drug-likeness (QED) is 0.882. The Kier molecular flexibility index (Phi) is 5.12. The SMILES string of the molecule is CC(Cc1ccccc1)N(C)Cc1ccc(C(=O)O)cc1.